The van der Waals surface area contributed by atoms with Crippen LogP contribution in [0.3, 0.4) is 0 Å². The topological polar surface area (TPSA) is 37.4 Å². The molecule has 0 spiro atoms. The molecule has 0 saturated heterocycles. The Labute approximate surface area is 110 Å². The van der Waals surface area contributed by atoms with E-state index in [-0.39, 0.29) is 6.10 Å². The maximum Gasteiger partial charge on any atom is 0.237 e. The zero-order valence-electron chi connectivity index (χ0n) is 11.9. The summed E-state index contributed by atoms with van der Waals surface area (Å²) in [6.07, 6.45) is 1.90. The molecule has 1 aromatic heterocycles. The molecular formula is C14H25N3O. The molecule has 0 aliphatic rings. The lowest BCUT2D eigenvalue weighted by molar-refractivity contribution is 0.234. The Morgan fingerprint density at radius 1 is 1.33 bits per heavy atom. The smallest absolute Gasteiger partial charge is 0.237 e. The number of ether oxygens (including phenoxy) is 1. The highest BCUT2D eigenvalue weighted by molar-refractivity contribution is 5.52. The molecule has 4 heteroatoms. The second-order valence-electron chi connectivity index (χ2n) is 4.48. The average Bonchev–Trinajstić information content (AvgIpc) is 2.36. The number of likely N-dealkylation sites (N-methyl/N-ethyl adjacent to an activating group) is 1. The van der Waals surface area contributed by atoms with Gasteiger partial charge in [0.2, 0.25) is 5.88 Å². The van der Waals surface area contributed by atoms with Crippen LogP contribution in [0.4, 0.5) is 5.69 Å². The highest BCUT2D eigenvalue weighted by atomic mass is 16.5. The van der Waals surface area contributed by atoms with Gasteiger partial charge in [0.15, 0.2) is 0 Å². The van der Waals surface area contributed by atoms with E-state index >= 15 is 0 Å². The zero-order chi connectivity index (χ0) is 13.4. The summed E-state index contributed by atoms with van der Waals surface area (Å²) in [4.78, 5) is 6.64. The number of nitrogens with one attached hydrogen (secondary N) is 1. The van der Waals surface area contributed by atoms with Crippen LogP contribution in [0, 0.1) is 0 Å². The fourth-order valence-corrected chi connectivity index (χ4v) is 1.73. The molecule has 0 bridgehead atoms. The molecule has 0 aliphatic heterocycles. The molecule has 1 rings (SSSR count). The first kappa shape index (κ1) is 14.8. The Balaban J connectivity index is 2.50. The Bertz CT molecular complexity index is 338. The molecule has 0 radical (unpaired) electrons. The first-order chi connectivity index (χ1) is 8.67. The predicted molar refractivity (Wildman–Crippen MR) is 76.3 cm³/mol. The standard InChI is InChI=1S/C14H25N3O/c1-5-17(6-2)11-10-15-13-8-7-9-16-14(13)18-12(3)4/h7-9,12,15H,5-6,10-11H2,1-4H3. The Hall–Kier alpha value is -1.29. The molecule has 1 heterocycles. The lowest BCUT2D eigenvalue weighted by atomic mass is 10.3. The van der Waals surface area contributed by atoms with Crippen LogP contribution in [0.15, 0.2) is 18.3 Å². The molecule has 0 amide bonds. The molecule has 0 aromatic carbocycles. The van der Waals surface area contributed by atoms with E-state index in [0.29, 0.717) is 5.88 Å². The van der Waals surface area contributed by atoms with Gasteiger partial charge in [-0.25, -0.2) is 4.98 Å². The number of hydrogen-bond acceptors (Lipinski definition) is 4. The molecule has 0 atom stereocenters. The van der Waals surface area contributed by atoms with Crippen molar-refractivity contribution in [2.24, 2.45) is 0 Å². The maximum absolute atomic E-state index is 5.67. The molecule has 0 unspecified atom stereocenters. The third-order valence-corrected chi connectivity index (χ3v) is 2.76. The highest BCUT2D eigenvalue weighted by Crippen LogP contribution is 2.21. The van der Waals surface area contributed by atoms with E-state index in [2.05, 4.69) is 29.0 Å². The fraction of sp³-hybridized carbons (Fsp3) is 0.643. The molecule has 1 aromatic rings. The van der Waals surface area contributed by atoms with Gasteiger partial charge in [-0.15, -0.1) is 0 Å². The van der Waals surface area contributed by atoms with Gasteiger partial charge in [0.05, 0.1) is 11.8 Å². The number of aromatic nitrogens is 1. The van der Waals surface area contributed by atoms with Gasteiger partial charge >= 0.3 is 0 Å². The van der Waals surface area contributed by atoms with Crippen molar-refractivity contribution in [1.82, 2.24) is 9.88 Å². The largest absolute Gasteiger partial charge is 0.473 e. The predicted octanol–water partition coefficient (Wildman–Crippen LogP) is 2.62. The van der Waals surface area contributed by atoms with Crippen LogP contribution in [0.5, 0.6) is 5.88 Å². The van der Waals surface area contributed by atoms with Crippen molar-refractivity contribution in [3.8, 4) is 5.88 Å². The van der Waals surface area contributed by atoms with Crippen molar-refractivity contribution in [2.75, 3.05) is 31.5 Å². The summed E-state index contributed by atoms with van der Waals surface area (Å²) in [6, 6.07) is 3.93. The van der Waals surface area contributed by atoms with Crippen LogP contribution in [0.1, 0.15) is 27.7 Å². The molecule has 102 valence electrons. The molecule has 0 saturated carbocycles. The van der Waals surface area contributed by atoms with Gasteiger partial charge in [0.25, 0.3) is 0 Å². The fourth-order valence-electron chi connectivity index (χ4n) is 1.73. The summed E-state index contributed by atoms with van der Waals surface area (Å²) < 4.78 is 5.67. The minimum absolute atomic E-state index is 0.142. The SMILES string of the molecule is CCN(CC)CCNc1cccnc1OC(C)C. The number of hydrogen-bond donors (Lipinski definition) is 1. The van der Waals surface area contributed by atoms with Crippen molar-refractivity contribution < 1.29 is 4.74 Å². The van der Waals surface area contributed by atoms with E-state index in [9.17, 15) is 0 Å². The molecule has 18 heavy (non-hydrogen) atoms. The Kier molecular flexibility index (Phi) is 6.50. The minimum atomic E-state index is 0.142. The lowest BCUT2D eigenvalue weighted by Crippen LogP contribution is -2.28. The van der Waals surface area contributed by atoms with Crippen LogP contribution >= 0.6 is 0 Å². The van der Waals surface area contributed by atoms with Gasteiger partial charge in [-0.05, 0) is 39.1 Å². The number of rotatable bonds is 8. The summed E-state index contributed by atoms with van der Waals surface area (Å²) >= 11 is 0. The summed E-state index contributed by atoms with van der Waals surface area (Å²) in [7, 11) is 0. The van der Waals surface area contributed by atoms with E-state index in [4.69, 9.17) is 4.74 Å². The molecule has 0 aliphatic carbocycles. The van der Waals surface area contributed by atoms with Crippen molar-refractivity contribution >= 4 is 5.69 Å². The maximum atomic E-state index is 5.67. The third kappa shape index (κ3) is 4.92. The van der Waals surface area contributed by atoms with Gasteiger partial charge in [-0.3, -0.25) is 0 Å². The van der Waals surface area contributed by atoms with Crippen LogP contribution in [-0.2, 0) is 0 Å². The first-order valence-electron chi connectivity index (χ1n) is 6.75. The van der Waals surface area contributed by atoms with Crippen LogP contribution in [0.25, 0.3) is 0 Å². The second-order valence-corrected chi connectivity index (χ2v) is 4.48. The van der Waals surface area contributed by atoms with Gasteiger partial charge in [-0.2, -0.15) is 0 Å². The molecule has 0 fully saturated rings. The van der Waals surface area contributed by atoms with Crippen LogP contribution in [0.2, 0.25) is 0 Å². The Morgan fingerprint density at radius 2 is 2.06 bits per heavy atom. The van der Waals surface area contributed by atoms with Gasteiger partial charge in [-0.1, -0.05) is 13.8 Å². The van der Waals surface area contributed by atoms with E-state index in [1.54, 1.807) is 6.20 Å². The third-order valence-electron chi connectivity index (χ3n) is 2.76. The molecule has 4 nitrogen and oxygen atoms in total. The van der Waals surface area contributed by atoms with Crippen LogP contribution in [-0.4, -0.2) is 42.2 Å². The lowest BCUT2D eigenvalue weighted by Gasteiger charge is -2.19. The van der Waals surface area contributed by atoms with Gasteiger partial charge < -0.3 is 15.0 Å². The van der Waals surface area contributed by atoms with Crippen LogP contribution < -0.4 is 10.1 Å². The normalized spacial score (nSPS) is 11.0. The van der Waals surface area contributed by atoms with Crippen molar-refractivity contribution in [3.05, 3.63) is 18.3 Å². The van der Waals surface area contributed by atoms with Crippen molar-refractivity contribution in [3.63, 3.8) is 0 Å². The number of nitrogens with zero attached hydrogens (tertiary/aromatic N) is 2. The van der Waals surface area contributed by atoms with Gasteiger partial charge in [0, 0.05) is 19.3 Å². The number of pyridine rings is 1. The Morgan fingerprint density at radius 3 is 2.67 bits per heavy atom. The van der Waals surface area contributed by atoms with E-state index in [1.165, 1.54) is 0 Å². The van der Waals surface area contributed by atoms with E-state index in [0.717, 1.165) is 31.9 Å². The van der Waals surface area contributed by atoms with Gasteiger partial charge in [0.1, 0.15) is 0 Å². The second kappa shape index (κ2) is 7.93. The minimum Gasteiger partial charge on any atom is -0.473 e. The van der Waals surface area contributed by atoms with Crippen molar-refractivity contribution in [1.29, 1.82) is 0 Å². The first-order valence-corrected chi connectivity index (χ1v) is 6.75. The van der Waals surface area contributed by atoms with Crippen molar-refractivity contribution in [2.45, 2.75) is 33.8 Å². The monoisotopic (exact) mass is 251 g/mol. The van der Waals surface area contributed by atoms with E-state index in [1.807, 2.05) is 26.0 Å². The summed E-state index contributed by atoms with van der Waals surface area (Å²) in [6.45, 7) is 12.5. The average molecular weight is 251 g/mol. The van der Waals surface area contributed by atoms with E-state index < -0.39 is 0 Å². The summed E-state index contributed by atoms with van der Waals surface area (Å²) in [5.74, 6) is 0.687. The summed E-state index contributed by atoms with van der Waals surface area (Å²) in [5.41, 5.74) is 0.971. The highest BCUT2D eigenvalue weighted by Gasteiger charge is 2.06. The molecule has 1 N–H and O–H groups in total. The molecular weight excluding hydrogens is 226 g/mol. The summed E-state index contributed by atoms with van der Waals surface area (Å²) in [5, 5.41) is 3.39. The quantitative estimate of drug-likeness (QED) is 0.770. The number of anilines is 1. The zero-order valence-corrected chi connectivity index (χ0v) is 11.9.